The highest BCUT2D eigenvalue weighted by molar-refractivity contribution is 9.10. The van der Waals surface area contributed by atoms with Gasteiger partial charge in [-0.15, -0.1) is 10.2 Å². The summed E-state index contributed by atoms with van der Waals surface area (Å²) in [5, 5.41) is 14.4. The molecule has 21 heavy (non-hydrogen) atoms. The first-order valence-electron chi connectivity index (χ1n) is 6.41. The topological polar surface area (TPSA) is 76.1 Å². The highest BCUT2D eigenvalue weighted by Gasteiger charge is 2.19. The fraction of sp³-hybridized carbons (Fsp3) is 0.308. The molecule has 1 aromatic heterocycles. The van der Waals surface area contributed by atoms with Gasteiger partial charge in [-0.1, -0.05) is 27.3 Å². The number of halogens is 1. The number of fused-ring (bicyclic) bond motifs is 1. The van der Waals surface area contributed by atoms with Gasteiger partial charge >= 0.3 is 0 Å². The first kappa shape index (κ1) is 14.3. The van der Waals surface area contributed by atoms with Gasteiger partial charge in [0.05, 0.1) is 6.61 Å². The molecule has 0 bridgehead atoms. The van der Waals surface area contributed by atoms with Crippen molar-refractivity contribution in [2.24, 2.45) is 0 Å². The van der Waals surface area contributed by atoms with Gasteiger partial charge in [-0.2, -0.15) is 0 Å². The van der Waals surface area contributed by atoms with Gasteiger partial charge in [-0.3, -0.25) is 4.79 Å². The molecule has 0 atom stereocenters. The molecule has 3 rings (SSSR count). The second-order valence-corrected chi connectivity index (χ2v) is 6.39. The van der Waals surface area contributed by atoms with E-state index in [1.165, 1.54) is 16.9 Å². The van der Waals surface area contributed by atoms with E-state index in [9.17, 15) is 4.79 Å². The Labute approximate surface area is 134 Å². The van der Waals surface area contributed by atoms with Crippen LogP contribution in [0.3, 0.4) is 0 Å². The molecule has 0 saturated carbocycles. The number of carbonyl (C=O) groups is 1. The predicted molar refractivity (Wildman–Crippen MR) is 84.0 cm³/mol. The molecular weight excluding hydrogens is 356 g/mol. The summed E-state index contributed by atoms with van der Waals surface area (Å²) in [7, 11) is 1.74. The van der Waals surface area contributed by atoms with Gasteiger partial charge in [0.25, 0.3) is 5.91 Å². The van der Waals surface area contributed by atoms with Crippen molar-refractivity contribution < 1.29 is 9.53 Å². The van der Waals surface area contributed by atoms with E-state index in [2.05, 4.69) is 42.8 Å². The van der Waals surface area contributed by atoms with Crippen molar-refractivity contribution in [2.45, 2.75) is 13.0 Å². The third-order valence-corrected chi connectivity index (χ3v) is 4.50. The molecule has 2 aromatic rings. The summed E-state index contributed by atoms with van der Waals surface area (Å²) in [4.78, 5) is 12.0. The van der Waals surface area contributed by atoms with Gasteiger partial charge in [0.1, 0.15) is 5.75 Å². The number of carbonyl (C=O) groups excluding carboxylic acids is 1. The van der Waals surface area contributed by atoms with Crippen LogP contribution in [0.2, 0.25) is 0 Å². The molecule has 8 heteroatoms. The summed E-state index contributed by atoms with van der Waals surface area (Å²) in [5.74, 6) is 0.646. The Morgan fingerprint density at radius 2 is 2.33 bits per heavy atom. The van der Waals surface area contributed by atoms with Crippen LogP contribution in [0.4, 0.5) is 5.13 Å². The van der Waals surface area contributed by atoms with Crippen molar-refractivity contribution in [1.29, 1.82) is 0 Å². The van der Waals surface area contributed by atoms with Crippen LogP contribution in [0.15, 0.2) is 16.6 Å². The fourth-order valence-electron chi connectivity index (χ4n) is 2.14. The van der Waals surface area contributed by atoms with Crippen LogP contribution in [-0.4, -0.2) is 29.8 Å². The number of hydrogen-bond acceptors (Lipinski definition) is 6. The minimum Gasteiger partial charge on any atom is -0.493 e. The summed E-state index contributed by atoms with van der Waals surface area (Å²) in [6.07, 6.45) is 0.900. The number of ether oxygens (including phenoxy) is 1. The Kier molecular flexibility index (Phi) is 4.07. The number of amides is 1. The van der Waals surface area contributed by atoms with Crippen LogP contribution < -0.4 is 15.4 Å². The Bertz CT molecular complexity index is 689. The molecule has 2 heterocycles. The number of nitrogens with one attached hydrogen (secondary N) is 2. The largest absolute Gasteiger partial charge is 0.493 e. The smallest absolute Gasteiger partial charge is 0.282 e. The van der Waals surface area contributed by atoms with Crippen molar-refractivity contribution in [3.8, 4) is 5.75 Å². The minimum atomic E-state index is -0.235. The monoisotopic (exact) mass is 368 g/mol. The fourth-order valence-corrected chi connectivity index (χ4v) is 3.31. The number of aromatic nitrogens is 2. The SMILES string of the molecule is CNc1nnc(C(=O)NCc2cc(Br)cc3c2OCC3)s1. The maximum Gasteiger partial charge on any atom is 0.282 e. The zero-order valence-corrected chi connectivity index (χ0v) is 13.7. The van der Waals surface area contributed by atoms with Crippen molar-refractivity contribution in [3.05, 3.63) is 32.7 Å². The number of anilines is 1. The van der Waals surface area contributed by atoms with Gasteiger partial charge in [-0.25, -0.2) is 0 Å². The third kappa shape index (κ3) is 3.01. The molecule has 1 aliphatic rings. The summed E-state index contributed by atoms with van der Waals surface area (Å²) in [6, 6.07) is 4.02. The first-order valence-corrected chi connectivity index (χ1v) is 8.02. The Morgan fingerprint density at radius 3 is 3.10 bits per heavy atom. The minimum absolute atomic E-state index is 0.235. The quantitative estimate of drug-likeness (QED) is 0.864. The molecule has 0 spiro atoms. The molecule has 1 amide bonds. The van der Waals surface area contributed by atoms with Crippen LogP contribution in [0.25, 0.3) is 0 Å². The lowest BCUT2D eigenvalue weighted by Crippen LogP contribution is -2.23. The number of hydrogen-bond donors (Lipinski definition) is 2. The zero-order chi connectivity index (χ0) is 14.8. The molecule has 2 N–H and O–H groups in total. The van der Waals surface area contributed by atoms with Gasteiger partial charge in [0.15, 0.2) is 0 Å². The summed E-state index contributed by atoms with van der Waals surface area (Å²) in [6.45, 7) is 1.09. The predicted octanol–water partition coefficient (Wildman–Crippen LogP) is 2.21. The van der Waals surface area contributed by atoms with Crippen molar-refractivity contribution >= 4 is 38.3 Å². The standard InChI is InChI=1S/C13H13BrN4O2S/c1-15-13-18-17-12(21-13)11(19)16-6-8-5-9(14)4-7-2-3-20-10(7)8/h4-5H,2-3,6H2,1H3,(H,15,18)(H,16,19). The van der Waals surface area contributed by atoms with Crippen LogP contribution >= 0.6 is 27.3 Å². The maximum absolute atomic E-state index is 12.0. The highest BCUT2D eigenvalue weighted by Crippen LogP contribution is 2.32. The van der Waals surface area contributed by atoms with E-state index in [4.69, 9.17) is 4.74 Å². The summed E-state index contributed by atoms with van der Waals surface area (Å²) < 4.78 is 6.63. The summed E-state index contributed by atoms with van der Waals surface area (Å²) >= 11 is 4.70. The van der Waals surface area contributed by atoms with Crippen LogP contribution in [0, 0.1) is 0 Å². The van der Waals surface area contributed by atoms with Gasteiger partial charge < -0.3 is 15.4 Å². The number of benzene rings is 1. The highest BCUT2D eigenvalue weighted by atomic mass is 79.9. The van der Waals surface area contributed by atoms with E-state index < -0.39 is 0 Å². The average molecular weight is 369 g/mol. The van der Waals surface area contributed by atoms with E-state index in [1.54, 1.807) is 7.05 Å². The number of nitrogens with zero attached hydrogens (tertiary/aromatic N) is 2. The molecule has 0 fully saturated rings. The van der Waals surface area contributed by atoms with Crippen molar-refractivity contribution in [2.75, 3.05) is 19.0 Å². The van der Waals surface area contributed by atoms with E-state index in [0.29, 0.717) is 23.3 Å². The average Bonchev–Trinajstić information content (AvgIpc) is 3.12. The van der Waals surface area contributed by atoms with E-state index in [1.807, 2.05) is 6.07 Å². The molecular formula is C13H13BrN4O2S. The Hall–Kier alpha value is -1.67. The van der Waals surface area contributed by atoms with Crippen LogP contribution in [0.1, 0.15) is 20.9 Å². The molecule has 0 aliphatic carbocycles. The van der Waals surface area contributed by atoms with E-state index in [-0.39, 0.29) is 5.91 Å². The van der Waals surface area contributed by atoms with Gasteiger partial charge in [0, 0.05) is 30.0 Å². The second kappa shape index (κ2) is 5.98. The molecule has 0 saturated heterocycles. The third-order valence-electron chi connectivity index (χ3n) is 3.10. The normalized spacial score (nSPS) is 12.7. The first-order chi connectivity index (χ1) is 10.2. The molecule has 0 unspecified atom stereocenters. The molecule has 0 radical (unpaired) electrons. The molecule has 110 valence electrons. The van der Waals surface area contributed by atoms with Gasteiger partial charge in [0.2, 0.25) is 10.1 Å². The Morgan fingerprint density at radius 1 is 1.48 bits per heavy atom. The molecule has 6 nitrogen and oxygen atoms in total. The van der Waals surface area contributed by atoms with Gasteiger partial charge in [-0.05, 0) is 17.7 Å². The van der Waals surface area contributed by atoms with Crippen LogP contribution in [0.5, 0.6) is 5.75 Å². The second-order valence-electron chi connectivity index (χ2n) is 4.50. The molecule has 1 aliphatic heterocycles. The Balaban J connectivity index is 1.72. The molecule has 1 aromatic carbocycles. The van der Waals surface area contributed by atoms with E-state index in [0.717, 1.165) is 22.2 Å². The van der Waals surface area contributed by atoms with Crippen molar-refractivity contribution in [1.82, 2.24) is 15.5 Å². The number of rotatable bonds is 4. The lowest BCUT2D eigenvalue weighted by Gasteiger charge is -2.09. The van der Waals surface area contributed by atoms with Crippen LogP contribution in [-0.2, 0) is 13.0 Å². The van der Waals surface area contributed by atoms with E-state index >= 15 is 0 Å². The maximum atomic E-state index is 12.0. The lowest BCUT2D eigenvalue weighted by atomic mass is 10.1. The lowest BCUT2D eigenvalue weighted by molar-refractivity contribution is 0.0949. The van der Waals surface area contributed by atoms with Crippen molar-refractivity contribution in [3.63, 3.8) is 0 Å². The summed E-state index contributed by atoms with van der Waals surface area (Å²) in [5.41, 5.74) is 2.13. The zero-order valence-electron chi connectivity index (χ0n) is 11.3.